The molecule has 1 rings (SSSR count). The van der Waals surface area contributed by atoms with Crippen molar-refractivity contribution in [1.82, 2.24) is 5.32 Å². The van der Waals surface area contributed by atoms with Crippen LogP contribution in [0.4, 0.5) is 0 Å². The van der Waals surface area contributed by atoms with E-state index in [1.54, 1.807) is 24.3 Å². The number of hydrogen-bond acceptors (Lipinski definition) is 4. The second-order valence-electron chi connectivity index (χ2n) is 3.64. The van der Waals surface area contributed by atoms with Crippen molar-refractivity contribution in [2.24, 2.45) is 5.73 Å². The molecule has 0 aromatic heterocycles. The molecule has 6 nitrogen and oxygen atoms in total. The van der Waals surface area contributed by atoms with Gasteiger partial charge in [0.15, 0.2) is 6.61 Å². The van der Waals surface area contributed by atoms with Crippen LogP contribution in [0.25, 0.3) is 0 Å². The highest BCUT2D eigenvalue weighted by atomic mass is 79.9. The van der Waals surface area contributed by atoms with E-state index in [9.17, 15) is 14.4 Å². The number of benzene rings is 1. The van der Waals surface area contributed by atoms with Gasteiger partial charge in [0.2, 0.25) is 0 Å². The topological polar surface area (TPSA) is 98.5 Å². The summed E-state index contributed by atoms with van der Waals surface area (Å²) in [6.07, 6.45) is -0.0183. The van der Waals surface area contributed by atoms with Crippen LogP contribution in [-0.4, -0.2) is 30.9 Å². The van der Waals surface area contributed by atoms with Crippen LogP contribution in [0.2, 0.25) is 0 Å². The molecular weight excluding hydrogens is 316 g/mol. The number of primary amides is 1. The van der Waals surface area contributed by atoms with Crippen LogP contribution in [-0.2, 0) is 14.3 Å². The molecule has 0 heterocycles. The summed E-state index contributed by atoms with van der Waals surface area (Å²) < 4.78 is 5.41. The predicted octanol–water partition coefficient (Wildman–Crippen LogP) is 0.597. The lowest BCUT2D eigenvalue weighted by Crippen LogP contribution is -2.27. The Bertz CT molecular complexity index is 473. The summed E-state index contributed by atoms with van der Waals surface area (Å²) in [5, 5.41) is 2.57. The van der Waals surface area contributed by atoms with Gasteiger partial charge in [-0.05, 0) is 24.3 Å². The molecule has 19 heavy (non-hydrogen) atoms. The minimum Gasteiger partial charge on any atom is -0.456 e. The maximum absolute atomic E-state index is 11.7. The van der Waals surface area contributed by atoms with E-state index in [1.165, 1.54) is 0 Å². The number of rotatable bonds is 6. The van der Waals surface area contributed by atoms with Gasteiger partial charge in [0.05, 0.1) is 6.42 Å². The number of amides is 2. The van der Waals surface area contributed by atoms with Crippen molar-refractivity contribution in [3.63, 3.8) is 0 Å². The highest BCUT2D eigenvalue weighted by molar-refractivity contribution is 9.10. The first-order valence-corrected chi connectivity index (χ1v) is 6.26. The molecule has 0 spiro atoms. The van der Waals surface area contributed by atoms with Crippen molar-refractivity contribution in [1.29, 1.82) is 0 Å². The molecule has 1 aromatic rings. The van der Waals surface area contributed by atoms with Crippen LogP contribution in [0.1, 0.15) is 16.8 Å². The summed E-state index contributed by atoms with van der Waals surface area (Å²) in [6.45, 7) is -0.314. The molecule has 0 fully saturated rings. The first-order valence-electron chi connectivity index (χ1n) is 5.46. The average molecular weight is 329 g/mol. The van der Waals surface area contributed by atoms with Gasteiger partial charge in [0, 0.05) is 16.6 Å². The molecule has 0 atom stereocenters. The molecule has 0 aliphatic carbocycles. The summed E-state index contributed by atoms with van der Waals surface area (Å²) in [5.74, 6) is -1.59. The Kier molecular flexibility index (Phi) is 6.01. The summed E-state index contributed by atoms with van der Waals surface area (Å²) >= 11 is 3.26. The lowest BCUT2D eigenvalue weighted by molar-refractivity contribution is -0.147. The molecule has 0 saturated carbocycles. The molecule has 0 radical (unpaired) electrons. The lowest BCUT2D eigenvalue weighted by Gasteiger charge is -2.05. The molecule has 102 valence electrons. The van der Waals surface area contributed by atoms with Crippen molar-refractivity contribution < 1.29 is 19.1 Å². The van der Waals surface area contributed by atoms with Gasteiger partial charge in [-0.2, -0.15) is 0 Å². The number of halogens is 1. The summed E-state index contributed by atoms with van der Waals surface area (Å²) in [6, 6.07) is 6.81. The Labute approximate surface area is 118 Å². The highest BCUT2D eigenvalue weighted by Crippen LogP contribution is 2.10. The second kappa shape index (κ2) is 7.52. The third-order valence-electron chi connectivity index (χ3n) is 2.10. The molecule has 0 bridgehead atoms. The van der Waals surface area contributed by atoms with Gasteiger partial charge in [-0.3, -0.25) is 14.4 Å². The Morgan fingerprint density at radius 2 is 1.84 bits per heavy atom. The van der Waals surface area contributed by atoms with E-state index in [0.717, 1.165) is 4.47 Å². The van der Waals surface area contributed by atoms with Crippen LogP contribution < -0.4 is 11.1 Å². The first-order chi connectivity index (χ1) is 8.99. The number of carbonyl (C=O) groups excluding carboxylic acids is 3. The second-order valence-corrected chi connectivity index (χ2v) is 4.56. The van der Waals surface area contributed by atoms with Crippen molar-refractivity contribution in [3.05, 3.63) is 34.3 Å². The number of carbonyl (C=O) groups is 3. The smallest absolute Gasteiger partial charge is 0.308 e. The zero-order valence-electron chi connectivity index (χ0n) is 10.0. The van der Waals surface area contributed by atoms with E-state index in [-0.39, 0.29) is 18.9 Å². The maximum Gasteiger partial charge on any atom is 0.308 e. The van der Waals surface area contributed by atoms with Crippen LogP contribution in [0, 0.1) is 0 Å². The standard InChI is InChI=1S/C12H13BrN2O4/c13-9-3-1-8(2-4-9)12(18)15-6-5-11(17)19-7-10(14)16/h1-4H,5-7H2,(H2,14,16)(H,15,18). The fourth-order valence-electron chi connectivity index (χ4n) is 1.21. The van der Waals surface area contributed by atoms with E-state index < -0.39 is 18.5 Å². The Hall–Kier alpha value is -1.89. The molecular formula is C12H13BrN2O4. The minimum atomic E-state index is -0.716. The fraction of sp³-hybridized carbons (Fsp3) is 0.250. The summed E-state index contributed by atoms with van der Waals surface area (Å²) in [7, 11) is 0. The molecule has 0 aliphatic heterocycles. The number of nitrogens with one attached hydrogen (secondary N) is 1. The maximum atomic E-state index is 11.7. The van der Waals surface area contributed by atoms with Crippen LogP contribution >= 0.6 is 15.9 Å². The lowest BCUT2D eigenvalue weighted by atomic mass is 10.2. The highest BCUT2D eigenvalue weighted by Gasteiger charge is 2.08. The van der Waals surface area contributed by atoms with Crippen LogP contribution in [0.3, 0.4) is 0 Å². The van der Waals surface area contributed by atoms with E-state index >= 15 is 0 Å². The van der Waals surface area contributed by atoms with Gasteiger partial charge in [-0.25, -0.2) is 0 Å². The van der Waals surface area contributed by atoms with Crippen LogP contribution in [0.15, 0.2) is 28.7 Å². The van der Waals surface area contributed by atoms with Crippen LogP contribution in [0.5, 0.6) is 0 Å². The zero-order chi connectivity index (χ0) is 14.3. The van der Waals surface area contributed by atoms with Gasteiger partial charge >= 0.3 is 5.97 Å². The van der Waals surface area contributed by atoms with Crippen molar-refractivity contribution in [3.8, 4) is 0 Å². The molecule has 1 aromatic carbocycles. The number of ether oxygens (including phenoxy) is 1. The Morgan fingerprint density at radius 3 is 2.42 bits per heavy atom. The number of esters is 1. The zero-order valence-corrected chi connectivity index (χ0v) is 11.6. The first kappa shape index (κ1) is 15.2. The largest absolute Gasteiger partial charge is 0.456 e. The van der Waals surface area contributed by atoms with E-state index in [2.05, 4.69) is 26.0 Å². The van der Waals surface area contributed by atoms with Crippen molar-refractivity contribution in [2.45, 2.75) is 6.42 Å². The van der Waals surface area contributed by atoms with Gasteiger partial charge in [-0.15, -0.1) is 0 Å². The molecule has 2 amide bonds. The van der Waals surface area contributed by atoms with Gasteiger partial charge < -0.3 is 15.8 Å². The van der Waals surface area contributed by atoms with Crippen molar-refractivity contribution >= 4 is 33.7 Å². The van der Waals surface area contributed by atoms with Gasteiger partial charge in [0.1, 0.15) is 0 Å². The minimum absolute atomic E-state index is 0.0183. The number of hydrogen-bond donors (Lipinski definition) is 2. The molecule has 0 aliphatic rings. The SMILES string of the molecule is NC(=O)COC(=O)CCNC(=O)c1ccc(Br)cc1. The molecule has 0 saturated heterocycles. The normalized spacial score (nSPS) is 9.74. The molecule has 3 N–H and O–H groups in total. The monoisotopic (exact) mass is 328 g/mol. The molecule has 7 heteroatoms. The third kappa shape index (κ3) is 6.01. The van der Waals surface area contributed by atoms with Gasteiger partial charge in [-0.1, -0.05) is 15.9 Å². The third-order valence-corrected chi connectivity index (χ3v) is 2.63. The van der Waals surface area contributed by atoms with E-state index in [4.69, 9.17) is 5.73 Å². The van der Waals surface area contributed by atoms with Gasteiger partial charge in [0.25, 0.3) is 11.8 Å². The fourth-order valence-corrected chi connectivity index (χ4v) is 1.47. The Morgan fingerprint density at radius 1 is 1.21 bits per heavy atom. The summed E-state index contributed by atoms with van der Waals surface area (Å²) in [5.41, 5.74) is 5.31. The number of nitrogens with two attached hydrogens (primary N) is 1. The molecule has 0 unspecified atom stereocenters. The Balaban J connectivity index is 2.29. The van der Waals surface area contributed by atoms with E-state index in [1.807, 2.05) is 0 Å². The van der Waals surface area contributed by atoms with E-state index in [0.29, 0.717) is 5.56 Å². The van der Waals surface area contributed by atoms with Crippen molar-refractivity contribution in [2.75, 3.05) is 13.2 Å². The summed E-state index contributed by atoms with van der Waals surface area (Å²) in [4.78, 5) is 33.1. The predicted molar refractivity (Wildman–Crippen MR) is 71.2 cm³/mol. The average Bonchev–Trinajstić information content (AvgIpc) is 2.37. The quantitative estimate of drug-likeness (QED) is 0.747.